The van der Waals surface area contributed by atoms with Gasteiger partial charge in [0.05, 0.1) is 5.39 Å². The Morgan fingerprint density at radius 2 is 1.88 bits per heavy atom. The van der Waals surface area contributed by atoms with E-state index < -0.39 is 11.3 Å². The molecule has 1 aromatic heterocycles. The maximum absolute atomic E-state index is 12.3. The van der Waals surface area contributed by atoms with Crippen LogP contribution in [-0.2, 0) is 4.79 Å². The second-order valence-electron chi connectivity index (χ2n) is 5.17. The monoisotopic (exact) mass is 362 g/mol. The van der Waals surface area contributed by atoms with Gasteiger partial charge in [0.2, 0.25) is 5.43 Å². The van der Waals surface area contributed by atoms with Crippen LogP contribution in [0.3, 0.4) is 0 Å². The van der Waals surface area contributed by atoms with Crippen molar-refractivity contribution in [1.29, 1.82) is 0 Å². The molecule has 0 fully saturated rings. The van der Waals surface area contributed by atoms with Gasteiger partial charge in [-0.1, -0.05) is 41.9 Å². The van der Waals surface area contributed by atoms with Gasteiger partial charge in [-0.05, 0) is 24.6 Å². The van der Waals surface area contributed by atoms with E-state index in [2.05, 4.69) is 0 Å². The van der Waals surface area contributed by atoms with Crippen LogP contribution in [0.4, 0.5) is 0 Å². The van der Waals surface area contributed by atoms with Crippen LogP contribution in [0.25, 0.3) is 11.0 Å². The summed E-state index contributed by atoms with van der Waals surface area (Å²) >= 11 is 11.9. The van der Waals surface area contributed by atoms with Gasteiger partial charge in [0.25, 0.3) is 0 Å². The molecule has 0 saturated heterocycles. The molecule has 0 bridgehead atoms. The Kier molecular flexibility index (Phi) is 4.60. The topological polar surface area (TPSA) is 56.5 Å². The molecule has 0 amide bonds. The van der Waals surface area contributed by atoms with E-state index in [-0.39, 0.29) is 16.2 Å². The lowest BCUT2D eigenvalue weighted by Gasteiger charge is -2.12. The third kappa shape index (κ3) is 3.03. The Hall–Kier alpha value is -2.30. The quantitative estimate of drug-likeness (QED) is 0.386. The summed E-state index contributed by atoms with van der Waals surface area (Å²) in [5, 5.41) is -0.611. The van der Waals surface area contributed by atoms with Gasteiger partial charge in [-0.25, -0.2) is 4.79 Å². The second-order valence-corrected chi connectivity index (χ2v) is 6.02. The number of halogens is 2. The average molecular weight is 363 g/mol. The van der Waals surface area contributed by atoms with Crippen LogP contribution < -0.4 is 10.2 Å². The third-order valence-corrected chi connectivity index (χ3v) is 4.30. The van der Waals surface area contributed by atoms with Gasteiger partial charge in [0, 0.05) is 5.56 Å². The Bertz CT molecular complexity index is 964. The lowest BCUT2D eigenvalue weighted by atomic mass is 10.1. The molecule has 4 nitrogen and oxygen atoms in total. The number of aryl methyl sites for hydroxylation is 1. The molecular weight excluding hydrogens is 351 g/mol. The van der Waals surface area contributed by atoms with Crippen molar-refractivity contribution in [2.24, 2.45) is 0 Å². The summed E-state index contributed by atoms with van der Waals surface area (Å²) in [6.45, 7) is 1.69. The van der Waals surface area contributed by atoms with Crippen molar-refractivity contribution in [1.82, 2.24) is 0 Å². The highest BCUT2D eigenvalue weighted by Crippen LogP contribution is 2.29. The number of carbonyl (C=O) groups excluding carboxylic acids is 1. The number of ether oxygens (including phenoxy) is 1. The van der Waals surface area contributed by atoms with Crippen molar-refractivity contribution in [3.05, 3.63) is 75.1 Å². The van der Waals surface area contributed by atoms with Gasteiger partial charge in [0.1, 0.15) is 22.6 Å². The maximum atomic E-state index is 12.3. The van der Waals surface area contributed by atoms with Crippen LogP contribution in [0.1, 0.15) is 16.5 Å². The van der Waals surface area contributed by atoms with Crippen LogP contribution in [0.2, 0.25) is 5.02 Å². The molecule has 0 spiro atoms. The number of rotatable bonds is 3. The van der Waals surface area contributed by atoms with Gasteiger partial charge in [-0.3, -0.25) is 4.79 Å². The zero-order chi connectivity index (χ0) is 17.3. The van der Waals surface area contributed by atoms with Gasteiger partial charge in [-0.2, -0.15) is 0 Å². The summed E-state index contributed by atoms with van der Waals surface area (Å²) in [5.41, 5.74) is 1.14. The molecule has 0 N–H and O–H groups in total. The van der Waals surface area contributed by atoms with E-state index in [9.17, 15) is 9.59 Å². The van der Waals surface area contributed by atoms with Crippen LogP contribution >= 0.6 is 23.2 Å². The zero-order valence-corrected chi connectivity index (χ0v) is 14.1. The molecule has 0 aliphatic rings. The lowest BCUT2D eigenvalue weighted by molar-refractivity contribution is -0.134. The minimum atomic E-state index is -0.932. The Morgan fingerprint density at radius 3 is 2.58 bits per heavy atom. The highest BCUT2D eigenvalue weighted by atomic mass is 35.5. The molecule has 0 aliphatic heterocycles. The number of esters is 1. The highest BCUT2D eigenvalue weighted by molar-refractivity contribution is 6.31. The standard InChI is InChI=1S/C18H12Cl2O4/c1-10-14(8-7-12-16(21)13(19)9-23-17(10)12)24-18(22)15(20)11-5-3-2-4-6-11/h2-9,15H,1H3. The highest BCUT2D eigenvalue weighted by Gasteiger charge is 2.21. The maximum Gasteiger partial charge on any atom is 0.334 e. The number of benzene rings is 2. The van der Waals surface area contributed by atoms with Crippen molar-refractivity contribution < 1.29 is 13.9 Å². The normalized spacial score (nSPS) is 12.1. The molecular formula is C18H12Cl2O4. The summed E-state index contributed by atoms with van der Waals surface area (Å²) in [4.78, 5) is 24.2. The summed E-state index contributed by atoms with van der Waals surface area (Å²) in [7, 11) is 0. The van der Waals surface area contributed by atoms with E-state index in [1.54, 1.807) is 31.2 Å². The first kappa shape index (κ1) is 16.6. The minimum absolute atomic E-state index is 0.00320. The number of hydrogen-bond acceptors (Lipinski definition) is 4. The predicted molar refractivity (Wildman–Crippen MR) is 92.9 cm³/mol. The summed E-state index contributed by atoms with van der Waals surface area (Å²) in [5.74, 6) is -0.332. The fraction of sp³-hybridized carbons (Fsp3) is 0.111. The minimum Gasteiger partial charge on any atom is -0.462 e. The fourth-order valence-corrected chi connectivity index (χ4v) is 2.66. The number of carbonyl (C=O) groups is 1. The van der Waals surface area contributed by atoms with Crippen LogP contribution in [0.5, 0.6) is 5.75 Å². The van der Waals surface area contributed by atoms with E-state index in [1.165, 1.54) is 18.4 Å². The number of fused-ring (bicyclic) bond motifs is 1. The van der Waals surface area contributed by atoms with E-state index in [0.29, 0.717) is 22.1 Å². The molecule has 1 unspecified atom stereocenters. The molecule has 3 rings (SSSR count). The van der Waals surface area contributed by atoms with Gasteiger partial charge >= 0.3 is 5.97 Å². The average Bonchev–Trinajstić information content (AvgIpc) is 2.60. The van der Waals surface area contributed by atoms with Crippen molar-refractivity contribution in [2.75, 3.05) is 0 Å². The molecule has 3 aromatic rings. The first-order valence-corrected chi connectivity index (χ1v) is 7.92. The smallest absolute Gasteiger partial charge is 0.334 e. The van der Waals surface area contributed by atoms with Gasteiger partial charge in [0.15, 0.2) is 5.38 Å². The number of hydrogen-bond donors (Lipinski definition) is 0. The van der Waals surface area contributed by atoms with Crippen LogP contribution in [-0.4, -0.2) is 5.97 Å². The summed E-state index contributed by atoms with van der Waals surface area (Å²) in [6, 6.07) is 11.9. The van der Waals surface area contributed by atoms with Crippen molar-refractivity contribution in [3.8, 4) is 5.75 Å². The van der Waals surface area contributed by atoms with E-state index >= 15 is 0 Å². The van der Waals surface area contributed by atoms with Crippen molar-refractivity contribution in [2.45, 2.75) is 12.3 Å². The number of alkyl halides is 1. The first-order chi connectivity index (χ1) is 11.5. The summed E-state index contributed by atoms with van der Waals surface area (Å²) in [6.07, 6.45) is 1.17. The van der Waals surface area contributed by atoms with E-state index in [4.69, 9.17) is 32.4 Å². The Labute approximate surface area is 147 Å². The molecule has 1 heterocycles. The van der Waals surface area contributed by atoms with Crippen molar-refractivity contribution in [3.63, 3.8) is 0 Å². The molecule has 0 aliphatic carbocycles. The fourth-order valence-electron chi connectivity index (χ4n) is 2.33. The SMILES string of the molecule is Cc1c(OC(=O)C(Cl)c2ccccc2)ccc2c(=O)c(Cl)coc12. The van der Waals surface area contributed by atoms with E-state index in [1.807, 2.05) is 6.07 Å². The Morgan fingerprint density at radius 1 is 1.17 bits per heavy atom. The van der Waals surface area contributed by atoms with Gasteiger partial charge < -0.3 is 9.15 Å². The molecule has 2 aromatic carbocycles. The second kappa shape index (κ2) is 6.67. The van der Waals surface area contributed by atoms with Crippen molar-refractivity contribution >= 4 is 40.1 Å². The summed E-state index contributed by atoms with van der Waals surface area (Å²) < 4.78 is 10.7. The molecule has 6 heteroatoms. The molecule has 1 atom stereocenters. The zero-order valence-electron chi connectivity index (χ0n) is 12.6. The van der Waals surface area contributed by atoms with Crippen LogP contribution in [0, 0.1) is 6.92 Å². The largest absolute Gasteiger partial charge is 0.462 e. The van der Waals surface area contributed by atoms with Crippen LogP contribution in [0.15, 0.2) is 57.9 Å². The Balaban J connectivity index is 1.93. The molecule has 24 heavy (non-hydrogen) atoms. The third-order valence-electron chi connectivity index (χ3n) is 3.61. The van der Waals surface area contributed by atoms with E-state index in [0.717, 1.165) is 0 Å². The predicted octanol–water partition coefficient (Wildman–Crippen LogP) is 4.64. The molecule has 0 radical (unpaired) electrons. The van der Waals surface area contributed by atoms with Gasteiger partial charge in [-0.15, -0.1) is 11.6 Å². The molecule has 122 valence electrons. The lowest BCUT2D eigenvalue weighted by Crippen LogP contribution is -2.15. The molecule has 0 saturated carbocycles. The first-order valence-electron chi connectivity index (χ1n) is 7.10.